The van der Waals surface area contributed by atoms with Crippen molar-refractivity contribution in [2.24, 2.45) is 11.8 Å². The second kappa shape index (κ2) is 12.3. The van der Waals surface area contributed by atoms with Crippen LogP contribution in [0.3, 0.4) is 0 Å². The largest absolute Gasteiger partial charge is 0.504 e. The molecular weight excluding hydrogens is 671 g/mol. The van der Waals surface area contributed by atoms with Crippen LogP contribution < -0.4 is 15.8 Å². The fourth-order valence-electron chi connectivity index (χ4n) is 6.74. The summed E-state index contributed by atoms with van der Waals surface area (Å²) in [4.78, 5) is 56.8. The standard InChI is InChI=1S/C31H31ClF3N9O5/c1-3-21-25(41-6-8-42(9-7-41)28(47)24-26(46)15(2)36-14-37-24)29(48)44-30(39-27(40-44)23-17-12-49-13-18(17)23)43(21)11-22(45)38-20-5-4-16(10-19(20)32)31(33,34)35/h4-5,10,14,17-18,23,46H,3,6-9,11-13H2,1-2H3,(H,38,45). The number of aromatic hydroxyl groups is 1. The highest BCUT2D eigenvalue weighted by Gasteiger charge is 2.57. The lowest BCUT2D eigenvalue weighted by Crippen LogP contribution is -2.51. The summed E-state index contributed by atoms with van der Waals surface area (Å²) in [6.07, 6.45) is -3.08. The molecule has 3 aliphatic rings. The van der Waals surface area contributed by atoms with Crippen molar-refractivity contribution in [1.29, 1.82) is 0 Å². The summed E-state index contributed by atoms with van der Waals surface area (Å²) in [6, 6.07) is 2.65. The Bertz CT molecular complexity index is 2030. The number of piperazine rings is 1. The molecule has 2 amide bonds. The van der Waals surface area contributed by atoms with E-state index in [-0.39, 0.29) is 84.1 Å². The molecule has 3 fully saturated rings. The number of nitrogens with one attached hydrogen (secondary N) is 1. The first-order valence-corrected chi connectivity index (χ1v) is 16.1. The third-order valence-corrected chi connectivity index (χ3v) is 9.70. The van der Waals surface area contributed by atoms with Gasteiger partial charge >= 0.3 is 6.18 Å². The molecule has 1 aliphatic carbocycles. The SMILES string of the molecule is CCc1c(N2CCN(C(=O)c3ncnc(C)c3O)CC2)c(=O)n2nc(C3C4COCC43)nc2n1CC(=O)Nc1ccc(C(F)(F)F)cc1Cl. The second-order valence-corrected chi connectivity index (χ2v) is 12.7. The van der Waals surface area contributed by atoms with E-state index in [9.17, 15) is 32.7 Å². The number of ether oxygens (including phenoxy) is 1. The van der Waals surface area contributed by atoms with Gasteiger partial charge < -0.3 is 29.5 Å². The maximum absolute atomic E-state index is 14.2. The molecule has 14 nitrogen and oxygen atoms in total. The van der Waals surface area contributed by atoms with E-state index in [2.05, 4.69) is 20.4 Å². The van der Waals surface area contributed by atoms with Crippen LogP contribution in [0.2, 0.25) is 5.02 Å². The van der Waals surface area contributed by atoms with Gasteiger partial charge in [-0.05, 0) is 43.4 Å². The van der Waals surface area contributed by atoms with Gasteiger partial charge in [0.25, 0.3) is 11.5 Å². The molecule has 2 atom stereocenters. The van der Waals surface area contributed by atoms with Gasteiger partial charge in [-0.3, -0.25) is 14.4 Å². The van der Waals surface area contributed by atoms with Crippen LogP contribution in [-0.4, -0.2) is 90.3 Å². The minimum Gasteiger partial charge on any atom is -0.504 e. The minimum absolute atomic E-state index is 0.00586. The summed E-state index contributed by atoms with van der Waals surface area (Å²) in [6.45, 7) is 5.13. The van der Waals surface area contributed by atoms with Crippen molar-refractivity contribution >= 4 is 40.6 Å². The second-order valence-electron chi connectivity index (χ2n) is 12.3. The molecule has 1 saturated carbocycles. The lowest BCUT2D eigenvalue weighted by atomic mass is 10.2. The molecule has 4 aromatic rings. The van der Waals surface area contributed by atoms with Crippen LogP contribution in [0.15, 0.2) is 29.3 Å². The first-order chi connectivity index (χ1) is 23.4. The number of carbonyl (C=O) groups excluding carboxylic acids is 2. The Morgan fingerprint density at radius 3 is 2.49 bits per heavy atom. The Hall–Kier alpha value is -4.77. The summed E-state index contributed by atoms with van der Waals surface area (Å²) in [5.74, 6) is -0.213. The molecule has 7 rings (SSSR count). The number of carbonyl (C=O) groups is 2. The van der Waals surface area contributed by atoms with Gasteiger partial charge in [-0.15, -0.1) is 5.10 Å². The third-order valence-electron chi connectivity index (χ3n) is 9.39. The molecule has 258 valence electrons. The quantitative estimate of drug-likeness (QED) is 0.293. The van der Waals surface area contributed by atoms with E-state index < -0.39 is 29.1 Å². The van der Waals surface area contributed by atoms with E-state index >= 15 is 0 Å². The van der Waals surface area contributed by atoms with Crippen LogP contribution in [0.1, 0.15) is 46.1 Å². The average Bonchev–Trinajstić information content (AvgIpc) is 3.37. The average molecular weight is 702 g/mol. The molecule has 2 unspecified atom stereocenters. The van der Waals surface area contributed by atoms with Gasteiger partial charge in [-0.1, -0.05) is 18.5 Å². The molecule has 2 N–H and O–H groups in total. The Morgan fingerprint density at radius 2 is 1.84 bits per heavy atom. The topological polar surface area (TPSA) is 160 Å². The van der Waals surface area contributed by atoms with Crippen molar-refractivity contribution in [3.8, 4) is 5.75 Å². The number of amides is 2. The molecule has 2 aliphatic heterocycles. The molecule has 0 radical (unpaired) electrons. The normalized spacial score (nSPS) is 20.5. The number of hydrogen-bond acceptors (Lipinski definition) is 10. The number of hydrogen-bond donors (Lipinski definition) is 2. The zero-order chi connectivity index (χ0) is 34.8. The van der Waals surface area contributed by atoms with Crippen molar-refractivity contribution in [3.63, 3.8) is 0 Å². The van der Waals surface area contributed by atoms with Crippen LogP contribution in [0, 0.1) is 18.8 Å². The van der Waals surface area contributed by atoms with Crippen molar-refractivity contribution < 1.29 is 32.6 Å². The van der Waals surface area contributed by atoms with E-state index in [0.717, 1.165) is 18.2 Å². The van der Waals surface area contributed by atoms with E-state index in [0.29, 0.717) is 36.8 Å². The Kier molecular flexibility index (Phi) is 8.21. The van der Waals surface area contributed by atoms with E-state index in [1.54, 1.807) is 11.5 Å². The number of nitrogens with zero attached hydrogens (tertiary/aromatic N) is 8. The molecule has 18 heteroatoms. The third kappa shape index (κ3) is 5.83. The molecule has 0 bridgehead atoms. The molecule has 1 aromatic carbocycles. The molecule has 2 saturated heterocycles. The van der Waals surface area contributed by atoms with Gasteiger partial charge in [0.2, 0.25) is 11.7 Å². The van der Waals surface area contributed by atoms with Crippen LogP contribution in [0.25, 0.3) is 5.78 Å². The van der Waals surface area contributed by atoms with Gasteiger partial charge in [0.15, 0.2) is 17.3 Å². The smallest absolute Gasteiger partial charge is 0.416 e. The van der Waals surface area contributed by atoms with E-state index in [1.807, 2.05) is 11.8 Å². The van der Waals surface area contributed by atoms with E-state index in [4.69, 9.17) is 21.3 Å². The number of rotatable bonds is 7. The zero-order valence-electron chi connectivity index (χ0n) is 26.4. The lowest BCUT2D eigenvalue weighted by molar-refractivity contribution is -0.137. The Labute approximate surface area is 281 Å². The summed E-state index contributed by atoms with van der Waals surface area (Å²) in [5.41, 5.74) is -0.437. The van der Waals surface area contributed by atoms with Crippen molar-refractivity contribution in [2.45, 2.75) is 38.9 Å². The summed E-state index contributed by atoms with van der Waals surface area (Å²) < 4.78 is 47.8. The van der Waals surface area contributed by atoms with Crippen molar-refractivity contribution in [3.05, 3.63) is 68.4 Å². The number of halogens is 4. The van der Waals surface area contributed by atoms with Gasteiger partial charge in [0, 0.05) is 32.1 Å². The summed E-state index contributed by atoms with van der Waals surface area (Å²) in [5, 5.41) is 17.3. The number of aromatic nitrogens is 6. The highest BCUT2D eigenvalue weighted by atomic mass is 35.5. The van der Waals surface area contributed by atoms with Gasteiger partial charge in [-0.2, -0.15) is 22.7 Å². The van der Waals surface area contributed by atoms with Crippen LogP contribution in [-0.2, 0) is 28.7 Å². The Balaban J connectivity index is 1.21. The minimum atomic E-state index is -4.60. The highest BCUT2D eigenvalue weighted by molar-refractivity contribution is 6.33. The zero-order valence-corrected chi connectivity index (χ0v) is 27.1. The maximum atomic E-state index is 14.2. The number of alkyl halides is 3. The van der Waals surface area contributed by atoms with Crippen LogP contribution in [0.5, 0.6) is 5.75 Å². The first kappa shape index (κ1) is 32.8. The predicted octanol–water partition coefficient (Wildman–Crippen LogP) is 2.89. The summed E-state index contributed by atoms with van der Waals surface area (Å²) in [7, 11) is 0. The van der Waals surface area contributed by atoms with Crippen LogP contribution in [0.4, 0.5) is 24.5 Å². The molecule has 49 heavy (non-hydrogen) atoms. The first-order valence-electron chi connectivity index (χ1n) is 15.7. The maximum Gasteiger partial charge on any atom is 0.416 e. The molecule has 3 aromatic heterocycles. The van der Waals surface area contributed by atoms with Crippen molar-refractivity contribution in [1.82, 2.24) is 34.0 Å². The van der Waals surface area contributed by atoms with Crippen LogP contribution >= 0.6 is 11.6 Å². The number of anilines is 2. The predicted molar refractivity (Wildman–Crippen MR) is 169 cm³/mol. The number of fused-ring (bicyclic) bond motifs is 2. The van der Waals surface area contributed by atoms with Gasteiger partial charge in [-0.25, -0.2) is 9.97 Å². The fraction of sp³-hybridized carbons (Fsp3) is 0.452. The highest BCUT2D eigenvalue weighted by Crippen LogP contribution is 2.56. The number of benzene rings is 1. The molecule has 5 heterocycles. The van der Waals surface area contributed by atoms with Gasteiger partial charge in [0.05, 0.1) is 40.9 Å². The van der Waals surface area contributed by atoms with Crippen molar-refractivity contribution in [2.75, 3.05) is 49.6 Å². The fourth-order valence-corrected chi connectivity index (χ4v) is 6.97. The molecule has 0 spiro atoms. The number of aryl methyl sites for hydroxylation is 1. The van der Waals surface area contributed by atoms with E-state index in [1.165, 1.54) is 15.7 Å². The lowest BCUT2D eigenvalue weighted by Gasteiger charge is -2.36. The Morgan fingerprint density at radius 1 is 1.12 bits per heavy atom. The summed E-state index contributed by atoms with van der Waals surface area (Å²) >= 11 is 6.11. The van der Waals surface area contributed by atoms with Gasteiger partial charge in [0.1, 0.15) is 18.6 Å². The molecular formula is C31H31ClF3N9O5. The monoisotopic (exact) mass is 701 g/mol.